The fourth-order valence-corrected chi connectivity index (χ4v) is 3.51. The second-order valence-electron chi connectivity index (χ2n) is 7.96. The first kappa shape index (κ1) is 27.7. The highest BCUT2D eigenvalue weighted by Gasteiger charge is 2.38. The first-order valence-electron chi connectivity index (χ1n) is 10.9. The predicted molar refractivity (Wildman–Crippen MR) is 117 cm³/mol. The largest absolute Gasteiger partial charge is 0.490 e. The SMILES string of the molecule is O=C(Cc1c(F)cc(F)cc1F)NCC1OCCc2cn(Cc3ccccc3)nc21.O=C(O)C(F)(F)F. The molecule has 0 aliphatic carbocycles. The van der Waals surface area contributed by atoms with Gasteiger partial charge in [-0.2, -0.15) is 18.3 Å². The fourth-order valence-electron chi connectivity index (χ4n) is 3.51. The number of halogens is 6. The molecule has 1 unspecified atom stereocenters. The summed E-state index contributed by atoms with van der Waals surface area (Å²) >= 11 is 0. The lowest BCUT2D eigenvalue weighted by atomic mass is 10.1. The normalized spacial score (nSPS) is 14.8. The zero-order chi connectivity index (χ0) is 27.2. The smallest absolute Gasteiger partial charge is 0.475 e. The van der Waals surface area contributed by atoms with E-state index in [0.29, 0.717) is 25.3 Å². The third-order valence-corrected chi connectivity index (χ3v) is 5.22. The molecule has 0 saturated heterocycles. The van der Waals surface area contributed by atoms with E-state index >= 15 is 0 Å². The fraction of sp³-hybridized carbons (Fsp3) is 0.292. The molecule has 2 heterocycles. The summed E-state index contributed by atoms with van der Waals surface area (Å²) in [6.07, 6.45) is -3.36. The molecule has 0 saturated carbocycles. The Bertz CT molecular complexity index is 1220. The van der Waals surface area contributed by atoms with E-state index in [1.54, 1.807) is 0 Å². The molecule has 0 radical (unpaired) electrons. The van der Waals surface area contributed by atoms with E-state index in [9.17, 15) is 31.1 Å². The van der Waals surface area contributed by atoms with Crippen LogP contribution in [0.15, 0.2) is 48.7 Å². The van der Waals surface area contributed by atoms with Crippen molar-refractivity contribution >= 4 is 11.9 Å². The number of alkyl halides is 3. The van der Waals surface area contributed by atoms with Gasteiger partial charge in [-0.15, -0.1) is 0 Å². The van der Waals surface area contributed by atoms with Gasteiger partial charge in [0.1, 0.15) is 23.6 Å². The van der Waals surface area contributed by atoms with Crippen molar-refractivity contribution in [1.29, 1.82) is 0 Å². The van der Waals surface area contributed by atoms with Gasteiger partial charge in [0.15, 0.2) is 0 Å². The summed E-state index contributed by atoms with van der Waals surface area (Å²) in [5, 5.41) is 14.4. The molecule has 0 fully saturated rings. The molecular weight excluding hydrogens is 508 g/mol. The van der Waals surface area contributed by atoms with Crippen LogP contribution in [0.2, 0.25) is 0 Å². The topological polar surface area (TPSA) is 93.5 Å². The third-order valence-electron chi connectivity index (χ3n) is 5.22. The number of nitrogens with zero attached hydrogens (tertiary/aromatic N) is 2. The Kier molecular flexibility index (Phi) is 8.92. The van der Waals surface area contributed by atoms with Crippen LogP contribution in [-0.2, 0) is 33.7 Å². The number of nitrogens with one attached hydrogen (secondary N) is 1. The van der Waals surface area contributed by atoms with Crippen molar-refractivity contribution in [2.24, 2.45) is 0 Å². The third kappa shape index (κ3) is 7.81. The zero-order valence-electron chi connectivity index (χ0n) is 19.1. The molecule has 4 rings (SSSR count). The van der Waals surface area contributed by atoms with Crippen LogP contribution < -0.4 is 5.32 Å². The Morgan fingerprint density at radius 3 is 2.32 bits per heavy atom. The average Bonchev–Trinajstić information content (AvgIpc) is 3.23. The summed E-state index contributed by atoms with van der Waals surface area (Å²) < 4.78 is 79.8. The molecule has 1 amide bonds. The Hall–Kier alpha value is -3.87. The van der Waals surface area contributed by atoms with Crippen LogP contribution in [0.1, 0.15) is 28.5 Å². The van der Waals surface area contributed by atoms with E-state index in [2.05, 4.69) is 10.4 Å². The summed E-state index contributed by atoms with van der Waals surface area (Å²) in [6.45, 7) is 1.24. The Balaban J connectivity index is 0.000000479. The summed E-state index contributed by atoms with van der Waals surface area (Å²) in [4.78, 5) is 21.1. The van der Waals surface area contributed by atoms with Crippen molar-refractivity contribution in [3.63, 3.8) is 0 Å². The van der Waals surface area contributed by atoms with Gasteiger partial charge >= 0.3 is 12.1 Å². The number of amides is 1. The minimum atomic E-state index is -5.08. The molecule has 1 aromatic heterocycles. The molecule has 2 aromatic carbocycles. The van der Waals surface area contributed by atoms with Gasteiger partial charge in [0.05, 0.1) is 25.3 Å². The van der Waals surface area contributed by atoms with Gasteiger partial charge < -0.3 is 15.2 Å². The monoisotopic (exact) mass is 529 g/mol. The second kappa shape index (κ2) is 11.9. The first-order chi connectivity index (χ1) is 17.4. The Morgan fingerprint density at radius 2 is 1.73 bits per heavy atom. The van der Waals surface area contributed by atoms with Gasteiger partial charge in [0.25, 0.3) is 0 Å². The zero-order valence-corrected chi connectivity index (χ0v) is 19.1. The van der Waals surface area contributed by atoms with E-state index in [1.807, 2.05) is 41.2 Å². The van der Waals surface area contributed by atoms with Crippen molar-refractivity contribution in [2.45, 2.75) is 31.7 Å². The van der Waals surface area contributed by atoms with Gasteiger partial charge in [-0.25, -0.2) is 18.0 Å². The number of carboxylic acids is 1. The van der Waals surface area contributed by atoms with E-state index in [-0.39, 0.29) is 6.54 Å². The van der Waals surface area contributed by atoms with Gasteiger partial charge in [-0.3, -0.25) is 9.48 Å². The molecule has 7 nitrogen and oxygen atoms in total. The van der Waals surface area contributed by atoms with Crippen LogP contribution in [0.3, 0.4) is 0 Å². The standard InChI is InChI=1S/C22H20F3N3O2.C2HF3O2/c23-16-8-18(24)17(19(25)9-16)10-21(29)26-11-20-22-15(6-7-30-20)13-28(27-22)12-14-4-2-1-3-5-14;3-2(4,5)1(6)7/h1-5,8-9,13,20H,6-7,10-12H2,(H,26,29);(H,6,7). The highest BCUT2D eigenvalue weighted by atomic mass is 19.4. The van der Waals surface area contributed by atoms with E-state index in [0.717, 1.165) is 23.2 Å². The summed E-state index contributed by atoms with van der Waals surface area (Å²) in [7, 11) is 0. The average molecular weight is 529 g/mol. The molecular formula is C24H21F6N3O4. The molecule has 2 N–H and O–H groups in total. The van der Waals surface area contributed by atoms with E-state index < -0.39 is 53.6 Å². The summed E-state index contributed by atoms with van der Waals surface area (Å²) in [6, 6.07) is 11.0. The molecule has 3 aromatic rings. The number of benzene rings is 2. The second-order valence-corrected chi connectivity index (χ2v) is 7.96. The number of rotatable bonds is 6. The molecule has 37 heavy (non-hydrogen) atoms. The van der Waals surface area contributed by atoms with Crippen LogP contribution in [0.25, 0.3) is 0 Å². The number of carbonyl (C=O) groups excluding carboxylic acids is 1. The van der Waals surface area contributed by atoms with Gasteiger partial charge in [-0.05, 0) is 17.5 Å². The molecule has 1 atom stereocenters. The van der Waals surface area contributed by atoms with Crippen LogP contribution >= 0.6 is 0 Å². The van der Waals surface area contributed by atoms with E-state index in [1.165, 1.54) is 0 Å². The maximum atomic E-state index is 13.7. The first-order valence-corrected chi connectivity index (χ1v) is 10.9. The Morgan fingerprint density at radius 1 is 1.11 bits per heavy atom. The molecule has 0 bridgehead atoms. The number of aliphatic carboxylic acids is 1. The minimum absolute atomic E-state index is 0.124. The van der Waals surface area contributed by atoms with Crippen molar-refractivity contribution in [3.8, 4) is 0 Å². The van der Waals surface area contributed by atoms with Crippen molar-refractivity contribution in [1.82, 2.24) is 15.1 Å². The van der Waals surface area contributed by atoms with Crippen molar-refractivity contribution in [3.05, 3.63) is 88.5 Å². The van der Waals surface area contributed by atoms with Gasteiger partial charge in [0, 0.05) is 30.4 Å². The number of hydrogen-bond donors (Lipinski definition) is 2. The number of fused-ring (bicyclic) bond motifs is 1. The molecule has 0 spiro atoms. The molecule has 1 aliphatic heterocycles. The molecule has 1 aliphatic rings. The highest BCUT2D eigenvalue weighted by Crippen LogP contribution is 2.25. The van der Waals surface area contributed by atoms with Crippen LogP contribution in [-0.4, -0.2) is 46.1 Å². The van der Waals surface area contributed by atoms with Crippen molar-refractivity contribution in [2.75, 3.05) is 13.2 Å². The van der Waals surface area contributed by atoms with Crippen LogP contribution in [0.4, 0.5) is 26.3 Å². The number of aromatic nitrogens is 2. The van der Waals surface area contributed by atoms with Crippen LogP contribution in [0.5, 0.6) is 0 Å². The number of carboxylic acid groups (broad SMARTS) is 1. The maximum Gasteiger partial charge on any atom is 0.490 e. The number of carbonyl (C=O) groups is 2. The highest BCUT2D eigenvalue weighted by molar-refractivity contribution is 5.78. The lowest BCUT2D eigenvalue weighted by Crippen LogP contribution is -2.33. The Labute approximate surface area is 206 Å². The minimum Gasteiger partial charge on any atom is -0.475 e. The molecule has 13 heteroatoms. The summed E-state index contributed by atoms with van der Waals surface area (Å²) in [5.74, 6) is -6.54. The van der Waals surface area contributed by atoms with E-state index in [4.69, 9.17) is 14.6 Å². The van der Waals surface area contributed by atoms with Crippen LogP contribution in [0, 0.1) is 17.5 Å². The number of ether oxygens (including phenoxy) is 1. The summed E-state index contributed by atoms with van der Waals surface area (Å²) in [5.41, 5.74) is 2.45. The molecule has 198 valence electrons. The van der Waals surface area contributed by atoms with Crippen molar-refractivity contribution < 1.29 is 45.8 Å². The lowest BCUT2D eigenvalue weighted by molar-refractivity contribution is -0.192. The quantitative estimate of drug-likeness (QED) is 0.472. The van der Waals surface area contributed by atoms with Gasteiger partial charge in [-0.1, -0.05) is 30.3 Å². The number of hydrogen-bond acceptors (Lipinski definition) is 4. The maximum absolute atomic E-state index is 13.7. The lowest BCUT2D eigenvalue weighted by Gasteiger charge is -2.22. The predicted octanol–water partition coefficient (Wildman–Crippen LogP) is 3.95. The van der Waals surface area contributed by atoms with Gasteiger partial charge in [0.2, 0.25) is 5.91 Å².